The zero-order valence-corrected chi connectivity index (χ0v) is 9.89. The zero-order chi connectivity index (χ0) is 11.8. The molecule has 0 aliphatic rings. The van der Waals surface area contributed by atoms with Gasteiger partial charge in [0.15, 0.2) is 5.65 Å². The van der Waals surface area contributed by atoms with Gasteiger partial charge in [0.2, 0.25) is 0 Å². The van der Waals surface area contributed by atoms with Gasteiger partial charge in [-0.2, -0.15) is 5.10 Å². The molecule has 17 heavy (non-hydrogen) atoms. The highest BCUT2D eigenvalue weighted by Crippen LogP contribution is 2.20. The summed E-state index contributed by atoms with van der Waals surface area (Å²) in [5.74, 6) is 0. The first-order valence-corrected chi connectivity index (χ1v) is 5.56. The van der Waals surface area contributed by atoms with Crippen LogP contribution in [0.15, 0.2) is 36.5 Å². The fourth-order valence-electron chi connectivity index (χ4n) is 1.70. The van der Waals surface area contributed by atoms with E-state index in [0.29, 0.717) is 5.15 Å². The number of fused-ring (bicyclic) bond motifs is 1. The molecule has 0 saturated heterocycles. The van der Waals surface area contributed by atoms with Gasteiger partial charge in [-0.25, -0.2) is 9.50 Å². The molecule has 0 spiro atoms. The minimum Gasteiger partial charge on any atom is -0.255 e. The van der Waals surface area contributed by atoms with Crippen molar-refractivity contribution in [3.8, 4) is 11.4 Å². The molecular weight excluding hydrogens is 236 g/mol. The number of rotatable bonds is 1. The van der Waals surface area contributed by atoms with Crippen LogP contribution in [0.2, 0.25) is 5.15 Å². The van der Waals surface area contributed by atoms with E-state index in [-0.39, 0.29) is 0 Å². The third-order valence-electron chi connectivity index (χ3n) is 2.43. The van der Waals surface area contributed by atoms with Crippen LogP contribution in [0.25, 0.3) is 17.0 Å². The Morgan fingerprint density at radius 2 is 2.06 bits per heavy atom. The molecule has 0 amide bonds. The zero-order valence-electron chi connectivity index (χ0n) is 9.13. The third kappa shape index (κ3) is 1.76. The summed E-state index contributed by atoms with van der Waals surface area (Å²) in [6.07, 6.45) is 1.73. The summed E-state index contributed by atoms with van der Waals surface area (Å²) < 4.78 is 1.61. The average Bonchev–Trinajstić information content (AvgIpc) is 2.71. The standard InChI is InChI=1S/C12H9ClN4/c1-8-6-12-15-10(7-11(13)17(12)16-8)9-4-2-3-5-14-9/h2-7H,1H3. The first-order chi connectivity index (χ1) is 8.24. The van der Waals surface area contributed by atoms with Crippen LogP contribution in [0.1, 0.15) is 5.69 Å². The van der Waals surface area contributed by atoms with Crippen LogP contribution < -0.4 is 0 Å². The van der Waals surface area contributed by atoms with Gasteiger partial charge in [-0.3, -0.25) is 4.98 Å². The van der Waals surface area contributed by atoms with Crippen LogP contribution in [-0.2, 0) is 0 Å². The SMILES string of the molecule is Cc1cc2nc(-c3ccccn3)cc(Cl)n2n1. The minimum atomic E-state index is 0.531. The molecule has 0 saturated carbocycles. The van der Waals surface area contributed by atoms with Crippen molar-refractivity contribution in [2.24, 2.45) is 0 Å². The molecule has 0 radical (unpaired) electrons. The first-order valence-electron chi connectivity index (χ1n) is 5.18. The highest BCUT2D eigenvalue weighted by Gasteiger charge is 2.08. The molecule has 0 atom stereocenters. The molecule has 0 unspecified atom stereocenters. The maximum atomic E-state index is 6.16. The van der Waals surface area contributed by atoms with Gasteiger partial charge in [0.25, 0.3) is 0 Å². The Balaban J connectivity index is 2.25. The predicted octanol–water partition coefficient (Wildman–Crippen LogP) is 2.75. The molecule has 0 aliphatic heterocycles. The smallest absolute Gasteiger partial charge is 0.157 e. The van der Waals surface area contributed by atoms with Gasteiger partial charge in [-0.1, -0.05) is 17.7 Å². The molecule has 0 N–H and O–H groups in total. The Bertz CT molecular complexity index is 676. The average molecular weight is 245 g/mol. The van der Waals surface area contributed by atoms with Crippen molar-refractivity contribution in [3.63, 3.8) is 0 Å². The summed E-state index contributed by atoms with van der Waals surface area (Å²) in [5.41, 5.74) is 3.17. The third-order valence-corrected chi connectivity index (χ3v) is 2.70. The van der Waals surface area contributed by atoms with Crippen LogP contribution in [-0.4, -0.2) is 19.6 Å². The number of nitrogens with zero attached hydrogens (tertiary/aromatic N) is 4. The number of pyridine rings is 1. The van der Waals surface area contributed by atoms with Crippen molar-refractivity contribution in [1.29, 1.82) is 0 Å². The van der Waals surface area contributed by atoms with E-state index in [4.69, 9.17) is 11.6 Å². The molecule has 5 heteroatoms. The lowest BCUT2D eigenvalue weighted by atomic mass is 10.2. The Labute approximate surface area is 103 Å². The Kier molecular flexibility index (Phi) is 2.30. The van der Waals surface area contributed by atoms with Crippen molar-refractivity contribution in [3.05, 3.63) is 47.4 Å². The van der Waals surface area contributed by atoms with E-state index < -0.39 is 0 Å². The minimum absolute atomic E-state index is 0.531. The van der Waals surface area contributed by atoms with E-state index in [0.717, 1.165) is 22.7 Å². The predicted molar refractivity (Wildman–Crippen MR) is 66.0 cm³/mol. The summed E-state index contributed by atoms with van der Waals surface area (Å²) >= 11 is 6.16. The highest BCUT2D eigenvalue weighted by atomic mass is 35.5. The quantitative estimate of drug-likeness (QED) is 0.618. The molecule has 3 aromatic rings. The molecule has 0 fully saturated rings. The number of hydrogen-bond donors (Lipinski definition) is 0. The molecule has 3 rings (SSSR count). The van der Waals surface area contributed by atoms with Gasteiger partial charge >= 0.3 is 0 Å². The Hall–Kier alpha value is -1.94. The second kappa shape index (κ2) is 3.82. The van der Waals surface area contributed by atoms with Crippen LogP contribution in [0, 0.1) is 6.92 Å². The lowest BCUT2D eigenvalue weighted by molar-refractivity contribution is 0.918. The number of hydrogen-bond acceptors (Lipinski definition) is 3. The summed E-state index contributed by atoms with van der Waals surface area (Å²) in [6, 6.07) is 9.34. The largest absolute Gasteiger partial charge is 0.255 e. The summed E-state index contributed by atoms with van der Waals surface area (Å²) in [4.78, 5) is 8.73. The fraction of sp³-hybridized carbons (Fsp3) is 0.0833. The second-order valence-corrected chi connectivity index (χ2v) is 4.12. The van der Waals surface area contributed by atoms with E-state index >= 15 is 0 Å². The molecule has 84 valence electrons. The number of aromatic nitrogens is 4. The molecule has 0 aliphatic carbocycles. The summed E-state index contributed by atoms with van der Waals surface area (Å²) in [5, 5.41) is 4.78. The van der Waals surface area contributed by atoms with Gasteiger partial charge in [0.05, 0.1) is 17.1 Å². The van der Waals surface area contributed by atoms with Crippen LogP contribution >= 0.6 is 11.6 Å². The van der Waals surface area contributed by atoms with Crippen LogP contribution in [0.4, 0.5) is 0 Å². The van der Waals surface area contributed by atoms with Crippen molar-refractivity contribution < 1.29 is 0 Å². The lowest BCUT2D eigenvalue weighted by Gasteiger charge is -2.02. The maximum Gasteiger partial charge on any atom is 0.157 e. The molecule has 3 aromatic heterocycles. The van der Waals surface area contributed by atoms with Crippen LogP contribution in [0.3, 0.4) is 0 Å². The second-order valence-electron chi connectivity index (χ2n) is 3.73. The fourth-order valence-corrected chi connectivity index (χ4v) is 1.93. The van der Waals surface area contributed by atoms with Crippen molar-refractivity contribution >= 4 is 17.2 Å². The molecule has 0 bridgehead atoms. The topological polar surface area (TPSA) is 43.1 Å². The van der Waals surface area contributed by atoms with Crippen LogP contribution in [0.5, 0.6) is 0 Å². The van der Waals surface area contributed by atoms with Gasteiger partial charge in [0, 0.05) is 18.3 Å². The lowest BCUT2D eigenvalue weighted by Crippen LogP contribution is -1.95. The molecule has 0 aromatic carbocycles. The first kappa shape index (κ1) is 10.2. The van der Waals surface area contributed by atoms with Crippen molar-refractivity contribution in [2.45, 2.75) is 6.92 Å². The van der Waals surface area contributed by atoms with E-state index in [1.165, 1.54) is 0 Å². The number of aryl methyl sites for hydroxylation is 1. The van der Waals surface area contributed by atoms with Gasteiger partial charge in [-0.15, -0.1) is 0 Å². The normalized spacial score (nSPS) is 10.9. The molecule has 3 heterocycles. The maximum absolute atomic E-state index is 6.16. The van der Waals surface area contributed by atoms with Crippen molar-refractivity contribution in [2.75, 3.05) is 0 Å². The Morgan fingerprint density at radius 3 is 2.82 bits per heavy atom. The summed E-state index contributed by atoms with van der Waals surface area (Å²) in [7, 11) is 0. The van der Waals surface area contributed by atoms with Gasteiger partial charge < -0.3 is 0 Å². The number of halogens is 1. The van der Waals surface area contributed by atoms with Crippen molar-refractivity contribution in [1.82, 2.24) is 19.6 Å². The van der Waals surface area contributed by atoms with E-state index in [2.05, 4.69) is 15.1 Å². The highest BCUT2D eigenvalue weighted by molar-refractivity contribution is 6.29. The van der Waals surface area contributed by atoms with E-state index in [1.54, 1.807) is 16.8 Å². The van der Waals surface area contributed by atoms with E-state index in [1.807, 2.05) is 31.2 Å². The Morgan fingerprint density at radius 1 is 1.18 bits per heavy atom. The summed E-state index contributed by atoms with van der Waals surface area (Å²) in [6.45, 7) is 1.91. The molecular formula is C12H9ClN4. The monoisotopic (exact) mass is 244 g/mol. The molecule has 4 nitrogen and oxygen atoms in total. The van der Waals surface area contributed by atoms with Gasteiger partial charge in [-0.05, 0) is 19.1 Å². The van der Waals surface area contributed by atoms with Gasteiger partial charge in [0.1, 0.15) is 5.15 Å². The van der Waals surface area contributed by atoms with E-state index in [9.17, 15) is 0 Å².